The fourth-order valence-corrected chi connectivity index (χ4v) is 13.1. The molecule has 2 aliphatic carbocycles. The highest BCUT2D eigenvalue weighted by atomic mass is 32.2. The Labute approximate surface area is 414 Å². The smallest absolute Gasteiger partial charge is 0.323 e. The maximum absolute atomic E-state index is 14.5. The third-order valence-electron chi connectivity index (χ3n) is 16.2. The van der Waals surface area contributed by atoms with Crippen LogP contribution in [0.25, 0.3) is 0 Å². The number of methoxy groups -OCH3 is 2. The quantitative estimate of drug-likeness (QED) is 0.140. The van der Waals surface area contributed by atoms with E-state index in [0.29, 0.717) is 76.3 Å². The van der Waals surface area contributed by atoms with Crippen LogP contribution >= 0.6 is 0 Å². The molecule has 1 unspecified atom stereocenters. The molecular formula is C54H88N2O12S. The number of aliphatic hydroxyl groups is 3. The number of Topliss-reactive ketones (excluding diaryl/α,β-unsaturated/α-hetero) is 2. The van der Waals surface area contributed by atoms with Gasteiger partial charge in [-0.1, -0.05) is 89.5 Å². The average Bonchev–Trinajstić information content (AvgIpc) is 3.28. The van der Waals surface area contributed by atoms with E-state index in [0.717, 1.165) is 37.7 Å². The van der Waals surface area contributed by atoms with E-state index in [2.05, 4.69) is 11.6 Å². The zero-order valence-electron chi connectivity index (χ0n) is 43.2. The summed E-state index contributed by atoms with van der Waals surface area (Å²) in [7, 11) is -0.588. The molecule has 0 spiro atoms. The van der Waals surface area contributed by atoms with Gasteiger partial charge in [0.05, 0.1) is 30.1 Å². The van der Waals surface area contributed by atoms with Crippen LogP contribution in [0.3, 0.4) is 0 Å². The summed E-state index contributed by atoms with van der Waals surface area (Å²) in [6, 6.07) is -1.36. The van der Waals surface area contributed by atoms with Gasteiger partial charge in [-0.05, 0) is 140 Å². The first-order chi connectivity index (χ1) is 32.7. The number of carbonyl (C=O) groups excluding carboxylic acids is 3. The molecule has 69 heavy (non-hydrogen) atoms. The fourth-order valence-electron chi connectivity index (χ4n) is 11.3. The van der Waals surface area contributed by atoms with E-state index in [1.165, 1.54) is 7.11 Å². The second-order valence-corrected chi connectivity index (χ2v) is 23.8. The van der Waals surface area contributed by atoms with Gasteiger partial charge in [0, 0.05) is 32.1 Å². The Morgan fingerprint density at radius 2 is 1.58 bits per heavy atom. The van der Waals surface area contributed by atoms with Gasteiger partial charge in [-0.3, -0.25) is 19.3 Å². The van der Waals surface area contributed by atoms with Crippen LogP contribution in [0.4, 0.5) is 0 Å². The number of ether oxygens (including phenoxy) is 4. The van der Waals surface area contributed by atoms with Crippen molar-refractivity contribution in [3.63, 3.8) is 0 Å². The van der Waals surface area contributed by atoms with Gasteiger partial charge in [-0.15, -0.1) is 0 Å². The van der Waals surface area contributed by atoms with E-state index in [9.17, 15) is 38.1 Å². The molecule has 0 aromatic rings. The predicted octanol–water partition coefficient (Wildman–Crippen LogP) is 7.30. The second kappa shape index (κ2) is 26.4. The molecule has 3 aliphatic heterocycles. The monoisotopic (exact) mass is 989 g/mol. The normalized spacial score (nSPS) is 40.5. The standard InChI is InChI=1S/C54H88N2O12S/c1-34-16-11-10-12-17-36(3)44(55-69(63,64)43-18-15-19-43)32-42-24-22-40(7)54(62,68-42)49(58)33-56-27-14-13-20-45(56)53(61)67-47(37(4)30-41-23-25-46(57)48(31-41)65-8)26-21-35(2)29-39(6)51(60)52(66-9)50(59)38(5)28-34/h10-12,16-17,29,34-35,37-38,40-48,51-52,55,57,60,62H,13-15,18-28,30-33H2,1-9H3/b12-10+,16-11+,36-17+,39-29+/t34-,35+,37?,38-,40-,41+,42+,44+,45+,46-,47+,48-,51-,52+,54-/m1/s1. The molecule has 5 aliphatic rings. The molecule has 3 heterocycles. The summed E-state index contributed by atoms with van der Waals surface area (Å²) in [6.07, 6.45) is 17.3. The number of hydrogen-bond donors (Lipinski definition) is 4. The van der Waals surface area contributed by atoms with Crippen LogP contribution in [0.1, 0.15) is 151 Å². The van der Waals surface area contributed by atoms with Crippen LogP contribution in [0, 0.1) is 35.5 Å². The van der Waals surface area contributed by atoms with E-state index in [4.69, 9.17) is 18.9 Å². The van der Waals surface area contributed by atoms with Gasteiger partial charge in [0.2, 0.25) is 21.6 Å². The van der Waals surface area contributed by atoms with Crippen molar-refractivity contribution in [2.45, 2.75) is 211 Å². The molecule has 2 saturated carbocycles. The fraction of sp³-hybridized carbons (Fsp3) is 0.796. The number of allylic oxidation sites excluding steroid dienone is 6. The molecule has 0 radical (unpaired) electrons. The number of rotatable bonds is 8. The van der Waals surface area contributed by atoms with Crippen molar-refractivity contribution in [2.24, 2.45) is 35.5 Å². The van der Waals surface area contributed by atoms with Crippen LogP contribution in [0.5, 0.6) is 0 Å². The van der Waals surface area contributed by atoms with Gasteiger partial charge in [-0.2, -0.15) is 0 Å². The number of hydrogen-bond acceptors (Lipinski definition) is 13. The van der Waals surface area contributed by atoms with Crippen LogP contribution in [0.2, 0.25) is 0 Å². The van der Waals surface area contributed by atoms with Crippen LogP contribution in [-0.2, 0) is 43.4 Å². The molecule has 2 bridgehead atoms. The van der Waals surface area contributed by atoms with E-state index in [1.807, 2.05) is 76.0 Å². The molecule has 0 amide bonds. The summed E-state index contributed by atoms with van der Waals surface area (Å²) < 4.78 is 54.2. The maximum atomic E-state index is 14.5. The summed E-state index contributed by atoms with van der Waals surface area (Å²) >= 11 is 0. The highest BCUT2D eigenvalue weighted by Crippen LogP contribution is 2.38. The first-order valence-electron chi connectivity index (χ1n) is 26.2. The molecule has 15 atom stereocenters. The first-order valence-corrected chi connectivity index (χ1v) is 27.8. The summed E-state index contributed by atoms with van der Waals surface area (Å²) in [6.45, 7) is 13.7. The van der Waals surface area contributed by atoms with Crippen molar-refractivity contribution in [3.8, 4) is 0 Å². The van der Waals surface area contributed by atoms with Crippen molar-refractivity contribution in [1.82, 2.24) is 9.62 Å². The number of piperidine rings is 1. The number of sulfonamides is 1. The van der Waals surface area contributed by atoms with Gasteiger partial charge in [0.25, 0.3) is 0 Å². The molecule has 4 fully saturated rings. The zero-order chi connectivity index (χ0) is 50.6. The first kappa shape index (κ1) is 57.3. The lowest BCUT2D eigenvalue weighted by Crippen LogP contribution is -2.58. The number of cyclic esters (lactones) is 1. The number of carbonyl (C=O) groups is 3. The largest absolute Gasteiger partial charge is 0.461 e. The Morgan fingerprint density at radius 3 is 2.26 bits per heavy atom. The highest BCUT2D eigenvalue weighted by Gasteiger charge is 2.49. The Kier molecular flexibility index (Phi) is 21.9. The number of esters is 1. The maximum Gasteiger partial charge on any atom is 0.323 e. The third kappa shape index (κ3) is 15.7. The van der Waals surface area contributed by atoms with E-state index in [1.54, 1.807) is 14.0 Å². The molecule has 4 N–H and O–H groups in total. The van der Waals surface area contributed by atoms with Gasteiger partial charge in [0.15, 0.2) is 5.78 Å². The van der Waals surface area contributed by atoms with Crippen molar-refractivity contribution < 1.29 is 57.1 Å². The summed E-state index contributed by atoms with van der Waals surface area (Å²) in [5.41, 5.74) is 1.37. The molecule has 15 heteroatoms. The Bertz CT molecular complexity index is 1930. The predicted molar refractivity (Wildman–Crippen MR) is 267 cm³/mol. The number of nitrogens with zero attached hydrogens (tertiary/aromatic N) is 1. The lowest BCUT2D eigenvalue weighted by molar-refractivity contribution is -0.265. The van der Waals surface area contributed by atoms with Gasteiger partial charge in [-0.25, -0.2) is 13.1 Å². The molecule has 0 aromatic carbocycles. The number of ketones is 2. The molecule has 5 rings (SSSR count). The third-order valence-corrected chi connectivity index (χ3v) is 18.1. The van der Waals surface area contributed by atoms with Gasteiger partial charge in [0.1, 0.15) is 24.4 Å². The minimum atomic E-state index is -3.66. The van der Waals surface area contributed by atoms with Gasteiger partial charge >= 0.3 is 5.97 Å². The van der Waals surface area contributed by atoms with Gasteiger partial charge < -0.3 is 34.3 Å². The summed E-state index contributed by atoms with van der Waals surface area (Å²) in [5, 5.41) is 33.8. The Morgan fingerprint density at radius 1 is 0.841 bits per heavy atom. The number of fused-ring (bicyclic) bond motifs is 3. The Balaban J connectivity index is 1.45. The molecule has 0 aromatic heterocycles. The van der Waals surface area contributed by atoms with Crippen LogP contribution in [-0.4, -0.2) is 133 Å². The van der Waals surface area contributed by atoms with Crippen molar-refractivity contribution in [3.05, 3.63) is 47.6 Å². The molecular weight excluding hydrogens is 901 g/mol. The minimum Gasteiger partial charge on any atom is -0.461 e. The van der Waals surface area contributed by atoms with Crippen molar-refractivity contribution >= 4 is 27.6 Å². The van der Waals surface area contributed by atoms with E-state index in [-0.39, 0.29) is 48.5 Å². The zero-order valence-corrected chi connectivity index (χ0v) is 44.0. The SMILES string of the molecule is CO[C@@H]1C[C@H](CC(C)[C@@H]2CC[C@H](C)/C=C(\C)[C@@H](O)[C@@H](OC)C(=O)[C@H](C)C[C@H](C)/C=C/C=C/C=C(\C)[C@@H](NS(=O)(=O)C3CCC3)C[C@@H]3CC[C@@H](C)[C@@](O)(O3)C(=O)CN3CCCC[C@H]3C(=O)O2)CC[C@H]1O. The molecule has 392 valence electrons. The summed E-state index contributed by atoms with van der Waals surface area (Å²) in [5.74, 6) is -4.00. The Hall–Kier alpha value is -2.60. The molecule has 2 saturated heterocycles. The average molecular weight is 989 g/mol. The lowest BCUT2D eigenvalue weighted by atomic mass is 9.78. The number of aliphatic hydroxyl groups excluding tert-OH is 2. The number of nitrogens with one attached hydrogen (secondary N) is 1. The highest BCUT2D eigenvalue weighted by molar-refractivity contribution is 7.90. The lowest BCUT2D eigenvalue weighted by Gasteiger charge is -2.43. The minimum absolute atomic E-state index is 0.0201. The summed E-state index contributed by atoms with van der Waals surface area (Å²) in [4.78, 5) is 44.5. The van der Waals surface area contributed by atoms with Crippen LogP contribution in [0.15, 0.2) is 47.6 Å². The topological polar surface area (TPSA) is 198 Å². The van der Waals surface area contributed by atoms with Crippen molar-refractivity contribution in [1.29, 1.82) is 0 Å². The molecule has 14 nitrogen and oxygen atoms in total. The van der Waals surface area contributed by atoms with Crippen molar-refractivity contribution in [2.75, 3.05) is 27.3 Å². The van der Waals surface area contributed by atoms with E-state index < -0.39 is 87.3 Å². The van der Waals surface area contributed by atoms with Crippen LogP contribution < -0.4 is 4.72 Å². The van der Waals surface area contributed by atoms with E-state index >= 15 is 0 Å². The second-order valence-electron chi connectivity index (χ2n) is 21.8.